The molecule has 1 aliphatic rings. The first-order valence-electron chi connectivity index (χ1n) is 8.21. The van der Waals surface area contributed by atoms with Gasteiger partial charge in [0.05, 0.1) is 13.2 Å². The minimum Gasteiger partial charge on any atom is -0.378 e. The number of morpholine rings is 1. The first-order valence-corrected chi connectivity index (χ1v) is 8.21. The van der Waals surface area contributed by atoms with E-state index in [2.05, 4.69) is 20.2 Å². The second-order valence-corrected chi connectivity index (χ2v) is 6.03. The van der Waals surface area contributed by atoms with Gasteiger partial charge in [0, 0.05) is 30.8 Å². The Bertz CT molecular complexity index is 697. The maximum absolute atomic E-state index is 12.4. The average molecular weight is 326 g/mol. The normalized spacial score (nSPS) is 14.7. The average Bonchev–Trinajstić information content (AvgIpc) is 2.62. The van der Waals surface area contributed by atoms with Crippen LogP contribution in [0.4, 0.5) is 5.82 Å². The molecule has 0 spiro atoms. The summed E-state index contributed by atoms with van der Waals surface area (Å²) in [5.41, 5.74) is 1.28. The summed E-state index contributed by atoms with van der Waals surface area (Å²) >= 11 is 0. The number of ether oxygens (including phenoxy) is 1. The minimum atomic E-state index is -0.181. The number of rotatable bonds is 4. The Hall–Kier alpha value is -2.47. The quantitative estimate of drug-likeness (QED) is 0.932. The Morgan fingerprint density at radius 1 is 1.17 bits per heavy atom. The summed E-state index contributed by atoms with van der Waals surface area (Å²) in [5.74, 6) is 1.15. The lowest BCUT2D eigenvalue weighted by molar-refractivity contribution is 0.0938. The number of nitrogens with zero attached hydrogens (tertiary/aromatic N) is 3. The lowest BCUT2D eigenvalue weighted by Crippen LogP contribution is -2.37. The molecule has 126 valence electrons. The van der Waals surface area contributed by atoms with Gasteiger partial charge < -0.3 is 15.0 Å². The van der Waals surface area contributed by atoms with Crippen molar-refractivity contribution in [3.8, 4) is 11.4 Å². The lowest BCUT2D eigenvalue weighted by atomic mass is 10.2. The summed E-state index contributed by atoms with van der Waals surface area (Å²) < 4.78 is 5.40. The number of benzene rings is 1. The van der Waals surface area contributed by atoms with E-state index in [9.17, 15) is 4.79 Å². The number of aromatic nitrogens is 2. The van der Waals surface area contributed by atoms with Crippen LogP contribution < -0.4 is 10.2 Å². The zero-order valence-electron chi connectivity index (χ0n) is 14.0. The zero-order valence-corrected chi connectivity index (χ0v) is 14.0. The van der Waals surface area contributed by atoms with Gasteiger partial charge in [-0.15, -0.1) is 0 Å². The number of anilines is 1. The van der Waals surface area contributed by atoms with Gasteiger partial charge in [-0.2, -0.15) is 0 Å². The standard InChI is InChI=1S/C18H22N4O2/c1-13(2)19-18(23)15-12-16(22-8-10-24-11-9-22)21-17(20-15)14-6-4-3-5-7-14/h3-7,12-13H,8-11H2,1-2H3,(H,19,23). The van der Waals surface area contributed by atoms with Crippen molar-refractivity contribution in [3.63, 3.8) is 0 Å². The predicted octanol–water partition coefficient (Wildman–Crippen LogP) is 2.12. The van der Waals surface area contributed by atoms with Crippen LogP contribution in [-0.2, 0) is 4.74 Å². The van der Waals surface area contributed by atoms with Crippen LogP contribution in [-0.4, -0.2) is 48.2 Å². The molecule has 1 amide bonds. The Morgan fingerprint density at radius 3 is 2.54 bits per heavy atom. The van der Waals surface area contributed by atoms with Gasteiger partial charge in [-0.1, -0.05) is 30.3 Å². The molecule has 0 bridgehead atoms. The van der Waals surface area contributed by atoms with E-state index in [-0.39, 0.29) is 11.9 Å². The molecule has 0 unspecified atom stereocenters. The zero-order chi connectivity index (χ0) is 16.9. The lowest BCUT2D eigenvalue weighted by Gasteiger charge is -2.28. The first kappa shape index (κ1) is 16.4. The number of amides is 1. The van der Waals surface area contributed by atoms with Crippen molar-refractivity contribution in [3.05, 3.63) is 42.1 Å². The second kappa shape index (κ2) is 7.40. The van der Waals surface area contributed by atoms with Crippen LogP contribution in [0.1, 0.15) is 24.3 Å². The van der Waals surface area contributed by atoms with Gasteiger partial charge in [0.2, 0.25) is 0 Å². The molecule has 1 aromatic heterocycles. The van der Waals surface area contributed by atoms with Gasteiger partial charge in [0.25, 0.3) is 5.91 Å². The predicted molar refractivity (Wildman–Crippen MR) is 93.1 cm³/mol. The molecular formula is C18H22N4O2. The van der Waals surface area contributed by atoms with E-state index < -0.39 is 0 Å². The Balaban J connectivity index is 2.00. The van der Waals surface area contributed by atoms with Crippen molar-refractivity contribution in [1.82, 2.24) is 15.3 Å². The van der Waals surface area contributed by atoms with Crippen molar-refractivity contribution in [2.24, 2.45) is 0 Å². The molecule has 24 heavy (non-hydrogen) atoms. The fourth-order valence-electron chi connectivity index (χ4n) is 2.56. The van der Waals surface area contributed by atoms with E-state index in [4.69, 9.17) is 4.74 Å². The van der Waals surface area contributed by atoms with Crippen LogP contribution in [0.2, 0.25) is 0 Å². The second-order valence-electron chi connectivity index (χ2n) is 6.03. The van der Waals surface area contributed by atoms with Gasteiger partial charge in [-0.05, 0) is 13.8 Å². The van der Waals surface area contributed by atoms with Crippen LogP contribution >= 0.6 is 0 Å². The van der Waals surface area contributed by atoms with Crippen molar-refractivity contribution >= 4 is 11.7 Å². The molecule has 1 N–H and O–H groups in total. The van der Waals surface area contributed by atoms with Gasteiger partial charge >= 0.3 is 0 Å². The third-order valence-corrected chi connectivity index (χ3v) is 3.73. The topological polar surface area (TPSA) is 67.4 Å². The van der Waals surface area contributed by atoms with E-state index in [0.29, 0.717) is 24.7 Å². The highest BCUT2D eigenvalue weighted by Gasteiger charge is 2.18. The Kier molecular flexibility index (Phi) is 5.05. The molecule has 2 heterocycles. The highest BCUT2D eigenvalue weighted by molar-refractivity contribution is 5.93. The van der Waals surface area contributed by atoms with Gasteiger partial charge in [-0.25, -0.2) is 9.97 Å². The van der Waals surface area contributed by atoms with Crippen LogP contribution in [0.5, 0.6) is 0 Å². The van der Waals surface area contributed by atoms with E-state index >= 15 is 0 Å². The van der Waals surface area contributed by atoms with Crippen molar-refractivity contribution in [1.29, 1.82) is 0 Å². The monoisotopic (exact) mass is 326 g/mol. The molecule has 3 rings (SSSR count). The van der Waals surface area contributed by atoms with Crippen molar-refractivity contribution < 1.29 is 9.53 Å². The fourth-order valence-corrected chi connectivity index (χ4v) is 2.56. The van der Waals surface area contributed by atoms with Crippen LogP contribution in [0.3, 0.4) is 0 Å². The molecule has 0 atom stereocenters. The van der Waals surface area contributed by atoms with E-state index in [1.807, 2.05) is 44.2 Å². The summed E-state index contributed by atoms with van der Waals surface area (Å²) in [6.07, 6.45) is 0. The largest absolute Gasteiger partial charge is 0.378 e. The smallest absolute Gasteiger partial charge is 0.270 e. The van der Waals surface area contributed by atoms with Gasteiger partial charge in [0.15, 0.2) is 5.82 Å². The SMILES string of the molecule is CC(C)NC(=O)c1cc(N2CCOCC2)nc(-c2ccccc2)n1. The molecule has 6 heteroatoms. The Labute approximate surface area is 141 Å². The molecule has 1 aliphatic heterocycles. The third-order valence-electron chi connectivity index (χ3n) is 3.73. The number of carbonyl (C=O) groups is 1. The van der Waals surface area contributed by atoms with Crippen LogP contribution in [0.15, 0.2) is 36.4 Å². The van der Waals surface area contributed by atoms with E-state index in [1.165, 1.54) is 0 Å². The maximum atomic E-state index is 12.4. The van der Waals surface area contributed by atoms with Gasteiger partial charge in [-0.3, -0.25) is 4.79 Å². The molecule has 0 saturated carbocycles. The molecule has 1 saturated heterocycles. The molecule has 2 aromatic rings. The molecule has 0 aliphatic carbocycles. The van der Waals surface area contributed by atoms with Gasteiger partial charge in [0.1, 0.15) is 11.5 Å². The Morgan fingerprint density at radius 2 is 1.88 bits per heavy atom. The molecule has 0 radical (unpaired) electrons. The number of hydrogen-bond acceptors (Lipinski definition) is 5. The molecule has 1 fully saturated rings. The summed E-state index contributed by atoms with van der Waals surface area (Å²) in [4.78, 5) is 23.7. The fraction of sp³-hybridized carbons (Fsp3) is 0.389. The summed E-state index contributed by atoms with van der Waals surface area (Å²) in [5, 5.41) is 2.90. The molecular weight excluding hydrogens is 304 g/mol. The van der Waals surface area contributed by atoms with Crippen molar-refractivity contribution in [2.45, 2.75) is 19.9 Å². The summed E-state index contributed by atoms with van der Waals surface area (Å²) in [6, 6.07) is 11.5. The summed E-state index contributed by atoms with van der Waals surface area (Å²) in [7, 11) is 0. The van der Waals surface area contributed by atoms with E-state index in [1.54, 1.807) is 6.07 Å². The maximum Gasteiger partial charge on any atom is 0.270 e. The van der Waals surface area contributed by atoms with E-state index in [0.717, 1.165) is 24.5 Å². The van der Waals surface area contributed by atoms with Crippen LogP contribution in [0.25, 0.3) is 11.4 Å². The number of hydrogen-bond donors (Lipinski definition) is 1. The number of nitrogens with one attached hydrogen (secondary N) is 1. The van der Waals surface area contributed by atoms with Crippen molar-refractivity contribution in [2.75, 3.05) is 31.2 Å². The highest BCUT2D eigenvalue weighted by atomic mass is 16.5. The summed E-state index contributed by atoms with van der Waals surface area (Å²) in [6.45, 7) is 6.71. The first-order chi connectivity index (χ1) is 11.6. The van der Waals surface area contributed by atoms with Crippen LogP contribution in [0, 0.1) is 0 Å². The third kappa shape index (κ3) is 3.89. The highest BCUT2D eigenvalue weighted by Crippen LogP contribution is 2.21. The minimum absolute atomic E-state index is 0.0551. The molecule has 6 nitrogen and oxygen atoms in total. The molecule has 1 aromatic carbocycles. The number of carbonyl (C=O) groups excluding carboxylic acids is 1.